The summed E-state index contributed by atoms with van der Waals surface area (Å²) in [5.41, 5.74) is -2.90. The third-order valence-electron chi connectivity index (χ3n) is 1.84. The first kappa shape index (κ1) is 13.8. The molecule has 90 valence electrons. The van der Waals surface area contributed by atoms with Crippen LogP contribution in [0.1, 0.15) is 12.0 Å². The van der Waals surface area contributed by atoms with Crippen molar-refractivity contribution in [1.29, 1.82) is 0 Å². The van der Waals surface area contributed by atoms with Gasteiger partial charge in [0.25, 0.3) is 0 Å². The van der Waals surface area contributed by atoms with Gasteiger partial charge >= 0.3 is 5.51 Å². The van der Waals surface area contributed by atoms with Crippen molar-refractivity contribution in [3.05, 3.63) is 29.8 Å². The number of halogens is 3. The highest BCUT2D eigenvalue weighted by Gasteiger charge is 2.27. The lowest BCUT2D eigenvalue weighted by molar-refractivity contribution is -0.0327. The second-order valence-corrected chi connectivity index (χ2v) is 5.64. The number of benzene rings is 1. The van der Waals surface area contributed by atoms with E-state index in [0.717, 1.165) is 10.6 Å². The summed E-state index contributed by atoms with van der Waals surface area (Å²) in [6, 6.07) is 8.01. The van der Waals surface area contributed by atoms with Crippen molar-refractivity contribution in [3.8, 4) is 0 Å². The minimum absolute atomic E-state index is 0.0578. The maximum Gasteiger partial charge on any atom is 0.441 e. The van der Waals surface area contributed by atoms with Crippen molar-refractivity contribution >= 4 is 23.5 Å². The molecule has 0 N–H and O–H groups in total. The summed E-state index contributed by atoms with van der Waals surface area (Å²) in [5.74, 6) is 0.870. The van der Waals surface area contributed by atoms with Gasteiger partial charge in [-0.2, -0.15) is 13.2 Å². The topological polar surface area (TPSA) is 0 Å². The van der Waals surface area contributed by atoms with Crippen LogP contribution in [0.2, 0.25) is 0 Å². The molecule has 0 aliphatic carbocycles. The second kappa shape index (κ2) is 6.45. The van der Waals surface area contributed by atoms with Crippen LogP contribution < -0.4 is 0 Å². The fourth-order valence-electron chi connectivity index (χ4n) is 1.07. The molecule has 0 aliphatic rings. The van der Waals surface area contributed by atoms with Crippen LogP contribution in [-0.2, 0) is 0 Å². The van der Waals surface area contributed by atoms with Crippen LogP contribution in [0.4, 0.5) is 13.2 Å². The Hall–Kier alpha value is -0.290. The summed E-state index contributed by atoms with van der Waals surface area (Å²) in [6.07, 6.45) is 0.572. The molecule has 0 fully saturated rings. The summed E-state index contributed by atoms with van der Waals surface area (Å²) in [6.45, 7) is 2.01. The Morgan fingerprint density at radius 1 is 1.06 bits per heavy atom. The number of alkyl halides is 3. The van der Waals surface area contributed by atoms with Crippen molar-refractivity contribution in [2.24, 2.45) is 0 Å². The van der Waals surface area contributed by atoms with Gasteiger partial charge in [0.2, 0.25) is 0 Å². The Morgan fingerprint density at radius 2 is 1.69 bits per heavy atom. The summed E-state index contributed by atoms with van der Waals surface area (Å²) in [4.78, 5) is 1.11. The summed E-state index contributed by atoms with van der Waals surface area (Å²) in [7, 11) is 0. The standard InChI is InChI=1S/C11H13F3S2/c1-9-3-5-10(6-4-9)15-7-2-8-16-11(12,13)14/h3-6H,2,7-8H2,1H3. The largest absolute Gasteiger partial charge is 0.441 e. The van der Waals surface area contributed by atoms with Gasteiger partial charge in [0.1, 0.15) is 0 Å². The third kappa shape index (κ3) is 6.33. The van der Waals surface area contributed by atoms with E-state index in [4.69, 9.17) is 0 Å². The molecule has 1 rings (SSSR count). The zero-order valence-corrected chi connectivity index (χ0v) is 10.5. The Labute approximate surface area is 102 Å². The molecule has 0 saturated heterocycles. The van der Waals surface area contributed by atoms with Gasteiger partial charge in [-0.15, -0.1) is 11.8 Å². The van der Waals surface area contributed by atoms with Gasteiger partial charge in [-0.25, -0.2) is 0 Å². The average molecular weight is 266 g/mol. The predicted octanol–water partition coefficient (Wildman–Crippen LogP) is 4.73. The lowest BCUT2D eigenvalue weighted by Crippen LogP contribution is -2.01. The molecular formula is C11H13F3S2. The fourth-order valence-corrected chi connectivity index (χ4v) is 2.63. The molecule has 0 atom stereocenters. The van der Waals surface area contributed by atoms with E-state index < -0.39 is 5.51 Å². The second-order valence-electron chi connectivity index (χ2n) is 3.31. The Bertz CT molecular complexity index is 306. The van der Waals surface area contributed by atoms with Crippen LogP contribution in [0.15, 0.2) is 29.2 Å². The zero-order chi connectivity index (χ0) is 12.0. The van der Waals surface area contributed by atoms with E-state index >= 15 is 0 Å². The van der Waals surface area contributed by atoms with Crippen LogP contribution in [-0.4, -0.2) is 17.0 Å². The van der Waals surface area contributed by atoms with Gasteiger partial charge in [-0.3, -0.25) is 0 Å². The smallest absolute Gasteiger partial charge is 0.160 e. The van der Waals surface area contributed by atoms with E-state index in [1.165, 1.54) is 5.56 Å². The molecular weight excluding hydrogens is 253 g/mol. The van der Waals surface area contributed by atoms with E-state index in [9.17, 15) is 13.2 Å². The highest BCUT2D eigenvalue weighted by Crippen LogP contribution is 2.31. The molecule has 1 aromatic carbocycles. The van der Waals surface area contributed by atoms with Gasteiger partial charge in [0, 0.05) is 10.6 Å². The van der Waals surface area contributed by atoms with E-state index in [-0.39, 0.29) is 17.5 Å². The Balaban J connectivity index is 2.14. The molecule has 1 aromatic rings. The monoisotopic (exact) mass is 266 g/mol. The summed E-state index contributed by atoms with van der Waals surface area (Å²) >= 11 is 1.66. The van der Waals surface area contributed by atoms with Crippen molar-refractivity contribution in [1.82, 2.24) is 0 Å². The summed E-state index contributed by atoms with van der Waals surface area (Å²) < 4.78 is 35.4. The maximum atomic E-state index is 11.8. The minimum Gasteiger partial charge on any atom is -0.160 e. The number of aryl methyl sites for hydroxylation is 1. The van der Waals surface area contributed by atoms with Gasteiger partial charge in [0.15, 0.2) is 0 Å². The van der Waals surface area contributed by atoms with Crippen molar-refractivity contribution in [3.63, 3.8) is 0 Å². The molecule has 0 radical (unpaired) electrons. The molecule has 0 nitrogen and oxygen atoms in total. The molecule has 0 spiro atoms. The molecule has 16 heavy (non-hydrogen) atoms. The van der Waals surface area contributed by atoms with Crippen molar-refractivity contribution in [2.75, 3.05) is 11.5 Å². The molecule has 0 aliphatic heterocycles. The quantitative estimate of drug-likeness (QED) is 0.558. The van der Waals surface area contributed by atoms with E-state index in [1.54, 1.807) is 11.8 Å². The number of hydrogen-bond donors (Lipinski definition) is 0. The average Bonchev–Trinajstić information content (AvgIpc) is 2.19. The van der Waals surface area contributed by atoms with E-state index in [1.807, 2.05) is 31.2 Å². The van der Waals surface area contributed by atoms with Crippen molar-refractivity contribution in [2.45, 2.75) is 23.7 Å². The zero-order valence-electron chi connectivity index (χ0n) is 8.88. The van der Waals surface area contributed by atoms with Gasteiger partial charge in [-0.1, -0.05) is 29.5 Å². The molecule has 5 heteroatoms. The molecule has 0 aromatic heterocycles. The number of thioether (sulfide) groups is 2. The normalized spacial score (nSPS) is 11.8. The number of rotatable bonds is 5. The van der Waals surface area contributed by atoms with Gasteiger partial charge < -0.3 is 0 Å². The third-order valence-corrected chi connectivity index (χ3v) is 3.76. The van der Waals surface area contributed by atoms with Gasteiger partial charge in [-0.05, 0) is 31.2 Å². The van der Waals surface area contributed by atoms with Crippen LogP contribution in [0.3, 0.4) is 0 Å². The Kier molecular flexibility index (Phi) is 5.55. The summed E-state index contributed by atoms with van der Waals surface area (Å²) in [5, 5.41) is 0. The van der Waals surface area contributed by atoms with Crippen molar-refractivity contribution < 1.29 is 13.2 Å². The molecule has 0 saturated carbocycles. The molecule has 0 heterocycles. The fraction of sp³-hybridized carbons (Fsp3) is 0.455. The predicted molar refractivity (Wildman–Crippen MR) is 65.0 cm³/mol. The number of hydrogen-bond acceptors (Lipinski definition) is 2. The Morgan fingerprint density at radius 3 is 2.25 bits per heavy atom. The first-order valence-electron chi connectivity index (χ1n) is 4.87. The van der Waals surface area contributed by atoms with E-state index in [0.29, 0.717) is 6.42 Å². The molecule has 0 amide bonds. The van der Waals surface area contributed by atoms with Crippen LogP contribution in [0, 0.1) is 6.92 Å². The molecule has 0 bridgehead atoms. The first-order valence-corrected chi connectivity index (χ1v) is 6.85. The highest BCUT2D eigenvalue weighted by molar-refractivity contribution is 8.00. The van der Waals surface area contributed by atoms with Crippen LogP contribution in [0.25, 0.3) is 0 Å². The van der Waals surface area contributed by atoms with Crippen LogP contribution in [0.5, 0.6) is 0 Å². The van der Waals surface area contributed by atoms with Crippen LogP contribution >= 0.6 is 23.5 Å². The maximum absolute atomic E-state index is 11.8. The lowest BCUT2D eigenvalue weighted by atomic mass is 10.2. The molecule has 0 unspecified atom stereocenters. The van der Waals surface area contributed by atoms with E-state index in [2.05, 4.69) is 0 Å². The highest BCUT2D eigenvalue weighted by atomic mass is 32.2. The SMILES string of the molecule is Cc1ccc(SCCCSC(F)(F)F)cc1. The minimum atomic E-state index is -4.09. The first-order chi connectivity index (χ1) is 7.47. The lowest BCUT2D eigenvalue weighted by Gasteiger charge is -2.05. The van der Waals surface area contributed by atoms with Gasteiger partial charge in [0.05, 0.1) is 0 Å².